The number of carbonyl (C=O) groups excluding carboxylic acids is 1. The summed E-state index contributed by atoms with van der Waals surface area (Å²) in [5.74, 6) is -0.589. The molecule has 5 N–H and O–H groups in total. The van der Waals surface area contributed by atoms with Crippen LogP contribution >= 0.6 is 0 Å². The van der Waals surface area contributed by atoms with Gasteiger partial charge in [0, 0.05) is 0 Å². The maximum Gasteiger partial charge on any atom is 0.249 e. The van der Waals surface area contributed by atoms with Crippen molar-refractivity contribution in [3.63, 3.8) is 0 Å². The molecule has 0 spiro atoms. The number of hydrogen-bond acceptors (Lipinski definition) is 5. The third-order valence-electron chi connectivity index (χ3n) is 11.9. The molecule has 0 saturated carbocycles. The van der Waals surface area contributed by atoms with Gasteiger partial charge in [-0.1, -0.05) is 244 Å². The van der Waals surface area contributed by atoms with Gasteiger partial charge in [-0.05, 0) is 44.9 Å². The van der Waals surface area contributed by atoms with E-state index in [0.29, 0.717) is 12.8 Å². The van der Waals surface area contributed by atoms with Crippen molar-refractivity contribution in [2.75, 3.05) is 6.61 Å². The first-order valence-corrected chi connectivity index (χ1v) is 25.2. The summed E-state index contributed by atoms with van der Waals surface area (Å²) in [5.41, 5.74) is 0. The Morgan fingerprint density at radius 2 is 0.754 bits per heavy atom. The zero-order valence-electron chi connectivity index (χ0n) is 38.1. The highest BCUT2D eigenvalue weighted by molar-refractivity contribution is 5.80. The summed E-state index contributed by atoms with van der Waals surface area (Å²) in [6, 6.07) is -0.989. The summed E-state index contributed by atoms with van der Waals surface area (Å²) in [5, 5.41) is 43.9. The maximum atomic E-state index is 12.6. The minimum atomic E-state index is -1.26. The third kappa shape index (κ3) is 40.0. The second-order valence-electron chi connectivity index (χ2n) is 17.5. The largest absolute Gasteiger partial charge is 0.394 e. The van der Waals surface area contributed by atoms with Crippen LogP contribution in [0, 0.1) is 0 Å². The molecule has 0 saturated heterocycles. The van der Waals surface area contributed by atoms with Gasteiger partial charge in [0.2, 0.25) is 5.91 Å². The average Bonchev–Trinajstić information content (AvgIpc) is 3.22. The van der Waals surface area contributed by atoms with Gasteiger partial charge in [0.05, 0.1) is 18.8 Å². The first-order valence-electron chi connectivity index (χ1n) is 25.2. The summed E-state index contributed by atoms with van der Waals surface area (Å²) < 4.78 is 0. The fraction of sp³-hybridized carbons (Fsp3) is 0.902. The molecule has 0 aliphatic rings. The van der Waals surface area contributed by atoms with Gasteiger partial charge in [-0.2, -0.15) is 0 Å². The summed E-state index contributed by atoms with van der Waals surface area (Å²) in [6.07, 6.45) is 53.6. The first-order chi connectivity index (χ1) is 28.0. The highest BCUT2D eigenvalue weighted by Gasteiger charge is 2.28. The van der Waals surface area contributed by atoms with Crippen molar-refractivity contribution in [2.24, 2.45) is 0 Å². The van der Waals surface area contributed by atoms with E-state index >= 15 is 0 Å². The highest BCUT2D eigenvalue weighted by atomic mass is 16.3. The van der Waals surface area contributed by atoms with E-state index in [2.05, 4.69) is 43.5 Å². The quantitative estimate of drug-likeness (QED) is 0.0311. The van der Waals surface area contributed by atoms with Crippen LogP contribution in [-0.2, 0) is 4.79 Å². The monoisotopic (exact) mass is 806 g/mol. The van der Waals surface area contributed by atoms with E-state index in [1.807, 2.05) is 0 Å². The molecule has 4 unspecified atom stereocenters. The Hall–Kier alpha value is -1.21. The number of aliphatic hydroxyl groups excluding tert-OH is 4. The lowest BCUT2D eigenvalue weighted by Crippen LogP contribution is -2.53. The lowest BCUT2D eigenvalue weighted by Gasteiger charge is -2.27. The molecule has 0 bridgehead atoms. The van der Waals surface area contributed by atoms with Gasteiger partial charge in [0.1, 0.15) is 12.2 Å². The van der Waals surface area contributed by atoms with E-state index in [1.54, 1.807) is 0 Å². The molecular weight excluding hydrogens is 707 g/mol. The smallest absolute Gasteiger partial charge is 0.249 e. The average molecular weight is 806 g/mol. The van der Waals surface area contributed by atoms with Crippen molar-refractivity contribution in [2.45, 2.75) is 289 Å². The second-order valence-corrected chi connectivity index (χ2v) is 17.5. The Labute approximate surface area is 354 Å². The van der Waals surface area contributed by atoms with Crippen molar-refractivity contribution in [3.8, 4) is 0 Å². The first kappa shape index (κ1) is 55.8. The third-order valence-corrected chi connectivity index (χ3v) is 11.9. The van der Waals surface area contributed by atoms with Crippen LogP contribution in [0.3, 0.4) is 0 Å². The number of rotatable bonds is 46. The molecule has 0 fully saturated rings. The maximum absolute atomic E-state index is 12.6. The summed E-state index contributed by atoms with van der Waals surface area (Å²) in [7, 11) is 0. The van der Waals surface area contributed by atoms with Crippen molar-refractivity contribution in [1.29, 1.82) is 0 Å². The van der Waals surface area contributed by atoms with E-state index in [-0.39, 0.29) is 0 Å². The topological polar surface area (TPSA) is 110 Å². The van der Waals surface area contributed by atoms with Gasteiger partial charge in [-0.25, -0.2) is 0 Å². The molecule has 0 aliphatic heterocycles. The molecule has 0 aromatic rings. The number of hydrogen-bond donors (Lipinski definition) is 5. The van der Waals surface area contributed by atoms with Crippen LogP contribution in [0.15, 0.2) is 24.3 Å². The number of carbonyl (C=O) groups is 1. The molecule has 338 valence electrons. The van der Waals surface area contributed by atoms with E-state index in [9.17, 15) is 25.2 Å². The predicted molar refractivity (Wildman–Crippen MR) is 247 cm³/mol. The van der Waals surface area contributed by atoms with Crippen LogP contribution < -0.4 is 5.32 Å². The van der Waals surface area contributed by atoms with E-state index in [1.165, 1.54) is 180 Å². The van der Waals surface area contributed by atoms with Crippen molar-refractivity contribution in [3.05, 3.63) is 24.3 Å². The molecular formula is C51H99NO5. The molecule has 0 aromatic heterocycles. The van der Waals surface area contributed by atoms with Gasteiger partial charge in [0.25, 0.3) is 0 Å². The Balaban J connectivity index is 3.70. The molecule has 6 nitrogen and oxygen atoms in total. The molecule has 4 atom stereocenters. The Bertz CT molecular complexity index is 863. The normalized spacial score (nSPS) is 14.1. The van der Waals surface area contributed by atoms with Gasteiger partial charge in [0.15, 0.2) is 0 Å². The number of unbranched alkanes of at least 4 members (excludes halogenated alkanes) is 33. The van der Waals surface area contributed by atoms with Gasteiger partial charge in [-0.3, -0.25) is 4.79 Å². The van der Waals surface area contributed by atoms with Crippen LogP contribution in [0.4, 0.5) is 0 Å². The minimum absolute atomic E-state index is 0.359. The molecule has 57 heavy (non-hydrogen) atoms. The number of amides is 1. The van der Waals surface area contributed by atoms with E-state index in [0.717, 1.165) is 57.8 Å². The SMILES string of the molecule is CCCCCCCCCCC/C=C\C/C=C\CCCCCCCCC(O)C(=O)NC(CO)C(O)C(O)CCCCCCCCCCCCCCCCCCCCC. The van der Waals surface area contributed by atoms with Crippen molar-refractivity contribution < 1.29 is 25.2 Å². The van der Waals surface area contributed by atoms with Gasteiger partial charge in [-0.15, -0.1) is 0 Å². The van der Waals surface area contributed by atoms with Crippen LogP contribution in [0.25, 0.3) is 0 Å². The van der Waals surface area contributed by atoms with Crippen LogP contribution in [0.1, 0.15) is 264 Å². The Morgan fingerprint density at radius 1 is 0.439 bits per heavy atom. The molecule has 0 aliphatic carbocycles. The van der Waals surface area contributed by atoms with Crippen molar-refractivity contribution >= 4 is 5.91 Å². The summed E-state index contributed by atoms with van der Waals surface area (Å²) >= 11 is 0. The zero-order valence-corrected chi connectivity index (χ0v) is 38.1. The van der Waals surface area contributed by atoms with E-state index in [4.69, 9.17) is 0 Å². The number of nitrogens with one attached hydrogen (secondary N) is 1. The van der Waals surface area contributed by atoms with Gasteiger partial charge >= 0.3 is 0 Å². The fourth-order valence-corrected chi connectivity index (χ4v) is 7.91. The Morgan fingerprint density at radius 3 is 1.11 bits per heavy atom. The summed E-state index contributed by atoms with van der Waals surface area (Å²) in [4.78, 5) is 12.6. The molecule has 1 amide bonds. The number of aliphatic hydroxyl groups is 4. The standard InChI is InChI=1S/C51H99NO5/c1-3-5-7-9-11-13-15-17-19-21-23-24-25-27-29-31-33-35-37-39-41-43-45-49(55)51(57)52-47(46-53)50(56)48(54)44-42-40-38-36-34-32-30-28-26-22-20-18-16-14-12-10-8-6-4-2/h23-24,27,29,47-50,53-56H,3-22,25-26,28,30-46H2,1-2H3,(H,52,57)/b24-23-,29-27-. The lowest BCUT2D eigenvalue weighted by atomic mass is 9.99. The molecule has 0 aromatic carbocycles. The summed E-state index contributed by atoms with van der Waals surface area (Å²) in [6.45, 7) is 4.07. The van der Waals surface area contributed by atoms with E-state index < -0.39 is 36.9 Å². The lowest BCUT2D eigenvalue weighted by molar-refractivity contribution is -0.132. The zero-order chi connectivity index (χ0) is 41.7. The minimum Gasteiger partial charge on any atom is -0.394 e. The van der Waals surface area contributed by atoms with Crippen LogP contribution in [0.2, 0.25) is 0 Å². The van der Waals surface area contributed by atoms with Crippen molar-refractivity contribution in [1.82, 2.24) is 5.32 Å². The highest BCUT2D eigenvalue weighted by Crippen LogP contribution is 2.17. The van der Waals surface area contributed by atoms with Crippen LogP contribution in [0.5, 0.6) is 0 Å². The van der Waals surface area contributed by atoms with Crippen LogP contribution in [-0.4, -0.2) is 57.3 Å². The molecule has 0 heterocycles. The van der Waals surface area contributed by atoms with Gasteiger partial charge < -0.3 is 25.7 Å². The molecule has 6 heteroatoms. The fourth-order valence-electron chi connectivity index (χ4n) is 7.91. The molecule has 0 radical (unpaired) electrons. The number of allylic oxidation sites excluding steroid dienone is 4. The Kier molecular flexibility index (Phi) is 44.9. The second kappa shape index (κ2) is 45.9. The predicted octanol–water partition coefficient (Wildman–Crippen LogP) is 13.9. The molecule has 0 rings (SSSR count).